The molecule has 1 aliphatic heterocycles. The number of aliphatic hydroxyl groups is 1. The summed E-state index contributed by atoms with van der Waals surface area (Å²) in [7, 11) is -31.4. The number of H-pyrrole nitrogens is 1. The zero-order valence-electron chi connectivity index (χ0n) is 18.5. The molecule has 1 fully saturated rings. The Labute approximate surface area is 218 Å². The van der Waals surface area contributed by atoms with Crippen molar-refractivity contribution in [3.63, 3.8) is 0 Å². The van der Waals surface area contributed by atoms with Crippen molar-refractivity contribution in [2.75, 3.05) is 12.3 Å². The fourth-order valence-corrected chi connectivity index (χ4v) is 7.64. The number of nitrogens with zero attached hydrogens (tertiary/aromatic N) is 3. The van der Waals surface area contributed by atoms with Crippen molar-refractivity contribution in [2.24, 2.45) is 0 Å². The highest BCUT2D eigenvalue weighted by molar-refractivity contribution is 7.64. The van der Waals surface area contributed by atoms with Crippen molar-refractivity contribution < 1.29 is 88.9 Å². The van der Waals surface area contributed by atoms with Crippen molar-refractivity contribution in [3.05, 3.63) is 16.7 Å². The number of phosphoric ester groups is 2. The molecule has 3 heterocycles. The Morgan fingerprint density at radius 2 is 1.55 bits per heavy atom. The zero-order chi connectivity index (χ0) is 30.5. The number of ether oxygens (including phenoxy) is 1. The molecule has 3 unspecified atom stereocenters. The Morgan fingerprint density at radius 1 is 0.975 bits per heavy atom. The van der Waals surface area contributed by atoms with Crippen molar-refractivity contribution in [1.82, 2.24) is 19.5 Å². The van der Waals surface area contributed by atoms with E-state index >= 15 is 0 Å². The average molecular weight is 676 g/mol. The zero-order valence-corrected chi connectivity index (χ0v) is 22.9. The number of phosphoric acid groups is 5. The lowest BCUT2D eigenvalue weighted by atomic mass is 10.1. The fourth-order valence-electron chi connectivity index (χ4n) is 3.08. The molecule has 30 heteroatoms. The number of hydrogen-bond acceptors (Lipinski definition) is 23. The predicted octanol–water partition coefficient (Wildman–Crippen LogP) is -6.53. The molecule has 2 aromatic heterocycles. The van der Waals surface area contributed by atoms with E-state index in [1.165, 1.54) is 0 Å². The minimum Gasteiger partial charge on any atom is -0.790 e. The smallest absolute Gasteiger partial charge is 0.280 e. The van der Waals surface area contributed by atoms with Crippen LogP contribution < -0.4 is 45.5 Å². The maximum atomic E-state index is 12.0. The monoisotopic (exact) mass is 676 g/mol. The van der Waals surface area contributed by atoms with Gasteiger partial charge in [0.2, 0.25) is 5.95 Å². The van der Waals surface area contributed by atoms with Gasteiger partial charge >= 0.3 is 0 Å². The van der Waals surface area contributed by atoms with Crippen molar-refractivity contribution in [3.8, 4) is 0 Å². The summed E-state index contributed by atoms with van der Waals surface area (Å²) in [5.74, 6) is -0.479. The van der Waals surface area contributed by atoms with Gasteiger partial charge in [0.25, 0.3) is 29.0 Å². The summed E-state index contributed by atoms with van der Waals surface area (Å²) in [6, 6.07) is 0. The van der Waals surface area contributed by atoms with E-state index in [0.29, 0.717) is 0 Å². The molecule has 0 spiro atoms. The SMILES string of the molecule is Nc1nc2c(ncn2[C@@H]2O[C@H](COP(=O)([O-])OP(=O)([O-])OP(=O)([O-])[O-])[C@@H](OP(=O)([O-])OP(=O)([O-])[O-])[C@H]2O)c(=O)[nH]1. The molecule has 0 aromatic carbocycles. The minimum absolute atomic E-state index is 0.405. The van der Waals surface area contributed by atoms with Gasteiger partial charge in [0.1, 0.15) is 18.3 Å². The van der Waals surface area contributed by atoms with Crippen molar-refractivity contribution in [1.29, 1.82) is 0 Å². The van der Waals surface area contributed by atoms with Crippen LogP contribution in [0, 0.1) is 0 Å². The predicted molar refractivity (Wildman–Crippen MR) is 105 cm³/mol. The molecule has 0 amide bonds. The number of hydrogen-bond donors (Lipinski definition) is 3. The summed E-state index contributed by atoms with van der Waals surface area (Å²) in [4.78, 5) is 98.8. The summed E-state index contributed by atoms with van der Waals surface area (Å²) in [6.07, 6.45) is -8.02. The van der Waals surface area contributed by atoms with E-state index in [2.05, 4.69) is 36.9 Å². The number of nitrogen functional groups attached to an aromatic ring is 1. The van der Waals surface area contributed by atoms with Gasteiger partial charge in [-0.3, -0.25) is 36.7 Å². The standard InChI is InChI=1S/C10H18N5O20P5/c11-10-13-7-4(8(17)14-10)12-2-15(7)9-5(16)6(32-39(26,27)33-36(18,19)20)3(31-9)1-30-38(24,25)35-40(28,29)34-37(21,22)23/h2-3,5-6,9,16H,1H2,(H,24,25)(H,26,27)(H,28,29)(H2,18,19,20)(H2,21,22,23)(H3,11,13,14,17)/p-7/t3-,5-,6-,9-/m1/s1. The van der Waals surface area contributed by atoms with E-state index in [9.17, 15) is 67.0 Å². The molecule has 7 atom stereocenters. The summed E-state index contributed by atoms with van der Waals surface area (Å²) in [5.41, 5.74) is 3.73. The number of anilines is 1. The molecule has 40 heavy (non-hydrogen) atoms. The first-order chi connectivity index (χ1) is 18.0. The molecule has 0 radical (unpaired) electrons. The molecule has 4 N–H and O–H groups in total. The minimum atomic E-state index is -6.41. The number of rotatable bonds is 12. The summed E-state index contributed by atoms with van der Waals surface area (Å²) < 4.78 is 80.2. The highest BCUT2D eigenvalue weighted by atomic mass is 31.3. The lowest BCUT2D eigenvalue weighted by Crippen LogP contribution is -2.37. The molecule has 3 rings (SSSR count). The molecule has 0 saturated carbocycles. The maximum absolute atomic E-state index is 12.0. The lowest BCUT2D eigenvalue weighted by Gasteiger charge is -2.38. The molecule has 228 valence electrons. The Bertz CT molecular complexity index is 1560. The number of aromatic nitrogens is 4. The largest absolute Gasteiger partial charge is 0.790 e. The normalized spacial score (nSPS) is 26.8. The summed E-state index contributed by atoms with van der Waals surface area (Å²) >= 11 is 0. The molecule has 0 bridgehead atoms. The van der Waals surface area contributed by atoms with Gasteiger partial charge < -0.3 is 68.0 Å². The fraction of sp³-hybridized carbons (Fsp3) is 0.500. The van der Waals surface area contributed by atoms with Crippen LogP contribution >= 0.6 is 39.1 Å². The van der Waals surface area contributed by atoms with Gasteiger partial charge in [0, 0.05) is 0 Å². The number of aliphatic hydroxyl groups excluding tert-OH is 1. The first-order valence-corrected chi connectivity index (χ1v) is 16.8. The second kappa shape index (κ2) is 11.4. The van der Waals surface area contributed by atoms with Crippen molar-refractivity contribution in [2.45, 2.75) is 24.5 Å². The second-order valence-corrected chi connectivity index (χ2v) is 14.1. The van der Waals surface area contributed by atoms with Gasteiger partial charge in [-0.2, -0.15) is 4.98 Å². The first kappa shape index (κ1) is 33.2. The van der Waals surface area contributed by atoms with Gasteiger partial charge in [0.05, 0.1) is 28.6 Å². The highest BCUT2D eigenvalue weighted by Gasteiger charge is 2.48. The van der Waals surface area contributed by atoms with Crippen LogP contribution in [0.3, 0.4) is 0 Å². The molecule has 2 aromatic rings. The molecule has 25 nitrogen and oxygen atoms in total. The Kier molecular flexibility index (Phi) is 9.51. The molecule has 1 saturated heterocycles. The quantitative estimate of drug-likeness (QED) is 0.176. The van der Waals surface area contributed by atoms with Crippen LogP contribution in [-0.4, -0.2) is 49.5 Å². The van der Waals surface area contributed by atoms with Crippen LogP contribution in [0.2, 0.25) is 0 Å². The molecule has 0 aliphatic carbocycles. The van der Waals surface area contributed by atoms with E-state index in [1.54, 1.807) is 0 Å². The third kappa shape index (κ3) is 8.87. The van der Waals surface area contributed by atoms with Crippen LogP contribution in [0.25, 0.3) is 11.2 Å². The first-order valence-electron chi connectivity index (χ1n) is 9.48. The van der Waals surface area contributed by atoms with Crippen LogP contribution in [0.5, 0.6) is 0 Å². The average Bonchev–Trinajstić information content (AvgIpc) is 3.23. The van der Waals surface area contributed by atoms with Gasteiger partial charge in [-0.15, -0.1) is 0 Å². The summed E-state index contributed by atoms with van der Waals surface area (Å²) in [5, 5.41) is 10.7. The maximum Gasteiger partial charge on any atom is 0.280 e. The van der Waals surface area contributed by atoms with E-state index in [-0.39, 0.29) is 0 Å². The van der Waals surface area contributed by atoms with Crippen LogP contribution in [0.1, 0.15) is 6.23 Å². The van der Waals surface area contributed by atoms with E-state index in [0.717, 1.165) is 10.9 Å². The van der Waals surface area contributed by atoms with Gasteiger partial charge in [-0.1, -0.05) is 0 Å². The second-order valence-electron chi connectivity index (χ2n) is 7.18. The van der Waals surface area contributed by atoms with E-state index in [4.69, 9.17) is 10.5 Å². The van der Waals surface area contributed by atoms with Gasteiger partial charge in [0.15, 0.2) is 17.4 Å². The Morgan fingerprint density at radius 3 is 2.12 bits per heavy atom. The Balaban J connectivity index is 1.91. The van der Waals surface area contributed by atoms with Crippen molar-refractivity contribution >= 4 is 56.2 Å². The van der Waals surface area contributed by atoms with Crippen LogP contribution in [-0.2, 0) is 49.5 Å². The van der Waals surface area contributed by atoms with Gasteiger partial charge in [-0.25, -0.2) is 9.29 Å². The third-order valence-electron chi connectivity index (χ3n) is 4.28. The molecular formula is C10H11N5O20P5-7. The third-order valence-corrected chi connectivity index (χ3v) is 10.0. The van der Waals surface area contributed by atoms with Gasteiger partial charge in [-0.05, 0) is 0 Å². The molecule has 1 aliphatic rings. The van der Waals surface area contributed by atoms with Crippen LogP contribution in [0.15, 0.2) is 11.1 Å². The molecular weight excluding hydrogens is 665 g/mol. The topological polar surface area (TPSA) is 412 Å². The van der Waals surface area contributed by atoms with E-state index < -0.39 is 92.9 Å². The highest BCUT2D eigenvalue weighted by Crippen LogP contribution is 2.61. The number of aromatic amines is 1. The number of nitrogens with one attached hydrogen (secondary N) is 1. The number of imidazole rings is 1. The Hall–Kier alpha value is -1.26. The van der Waals surface area contributed by atoms with E-state index in [1.807, 2.05) is 0 Å². The summed E-state index contributed by atoms with van der Waals surface area (Å²) in [6.45, 7) is -1.55. The van der Waals surface area contributed by atoms with Crippen LogP contribution in [0.4, 0.5) is 5.95 Å². The number of fused-ring (bicyclic) bond motifs is 1. The lowest BCUT2D eigenvalue weighted by molar-refractivity contribution is -0.342. The number of nitrogens with two attached hydrogens (primary N) is 1.